The summed E-state index contributed by atoms with van der Waals surface area (Å²) in [4.78, 5) is 13.8. The Morgan fingerprint density at radius 1 is 1.45 bits per heavy atom. The van der Waals surface area contributed by atoms with E-state index in [1.54, 1.807) is 11.0 Å². The van der Waals surface area contributed by atoms with Crippen molar-refractivity contribution in [2.45, 2.75) is 24.4 Å². The number of halogens is 2. The van der Waals surface area contributed by atoms with Crippen molar-refractivity contribution < 1.29 is 23.1 Å². The normalized spacial score (nSPS) is 16.9. The first kappa shape index (κ1) is 15.3. The van der Waals surface area contributed by atoms with Crippen LogP contribution >= 0.6 is 11.8 Å². The summed E-state index contributed by atoms with van der Waals surface area (Å²) < 4.78 is 29.5. The van der Waals surface area contributed by atoms with Crippen LogP contribution in [-0.4, -0.2) is 41.4 Å². The molecule has 4 nitrogen and oxygen atoms in total. The first-order valence-corrected chi connectivity index (χ1v) is 7.53. The molecule has 7 heteroatoms. The van der Waals surface area contributed by atoms with E-state index in [0.29, 0.717) is 30.6 Å². The fourth-order valence-electron chi connectivity index (χ4n) is 2.19. The number of amides is 1. The molecule has 1 N–H and O–H groups in total. The second-order valence-corrected chi connectivity index (χ2v) is 5.73. The number of hydrogen-bond acceptors (Lipinski definition) is 4. The van der Waals surface area contributed by atoms with Gasteiger partial charge in [0.1, 0.15) is 5.76 Å². The number of aliphatic hydroxyl groups is 1. The van der Waals surface area contributed by atoms with Crippen LogP contribution in [0.5, 0.6) is 0 Å². The number of thioether (sulfide) groups is 1. The molecular weight excluding hydrogens is 288 g/mol. The lowest BCUT2D eigenvalue weighted by molar-refractivity contribution is 0.0619. The minimum absolute atomic E-state index is 0.0531. The van der Waals surface area contributed by atoms with Gasteiger partial charge in [0, 0.05) is 19.7 Å². The molecule has 112 valence electrons. The van der Waals surface area contributed by atoms with E-state index < -0.39 is 5.76 Å². The SMILES string of the molecule is O=C(c1ccc(CSC(F)F)o1)N1CCC(CO)CC1. The van der Waals surface area contributed by atoms with Gasteiger partial charge in [0.15, 0.2) is 5.76 Å². The van der Waals surface area contributed by atoms with Crippen LogP contribution < -0.4 is 0 Å². The molecule has 1 fully saturated rings. The number of rotatable bonds is 5. The lowest BCUT2D eigenvalue weighted by Gasteiger charge is -2.30. The molecule has 0 aromatic carbocycles. The first-order valence-electron chi connectivity index (χ1n) is 6.48. The Labute approximate surface area is 120 Å². The minimum atomic E-state index is -2.45. The molecule has 2 heterocycles. The predicted octanol–water partition coefficient (Wildman–Crippen LogP) is 2.58. The third-order valence-corrected chi connectivity index (χ3v) is 4.09. The molecule has 1 aromatic heterocycles. The van der Waals surface area contributed by atoms with Gasteiger partial charge in [0.2, 0.25) is 0 Å². The number of carbonyl (C=O) groups is 1. The number of aliphatic hydroxyl groups excluding tert-OH is 1. The molecule has 0 aliphatic carbocycles. The van der Waals surface area contributed by atoms with Gasteiger partial charge in [-0.2, -0.15) is 8.78 Å². The summed E-state index contributed by atoms with van der Waals surface area (Å²) in [6, 6.07) is 3.09. The van der Waals surface area contributed by atoms with Crippen molar-refractivity contribution in [3.63, 3.8) is 0 Å². The molecule has 0 spiro atoms. The number of alkyl halides is 2. The largest absolute Gasteiger partial charge is 0.455 e. The maximum atomic E-state index is 12.2. The Morgan fingerprint density at radius 3 is 2.75 bits per heavy atom. The van der Waals surface area contributed by atoms with E-state index in [4.69, 9.17) is 9.52 Å². The average molecular weight is 305 g/mol. The van der Waals surface area contributed by atoms with Gasteiger partial charge in [-0.05, 0) is 30.9 Å². The minimum Gasteiger partial charge on any atom is -0.455 e. The van der Waals surface area contributed by atoms with Crippen LogP contribution in [-0.2, 0) is 5.75 Å². The highest BCUT2D eigenvalue weighted by molar-refractivity contribution is 7.98. The molecule has 0 unspecified atom stereocenters. The number of hydrogen-bond donors (Lipinski definition) is 1. The third kappa shape index (κ3) is 3.96. The van der Waals surface area contributed by atoms with E-state index in [1.807, 2.05) is 0 Å². The van der Waals surface area contributed by atoms with Crippen LogP contribution in [0.2, 0.25) is 0 Å². The van der Waals surface area contributed by atoms with E-state index in [0.717, 1.165) is 12.8 Å². The van der Waals surface area contributed by atoms with Gasteiger partial charge >= 0.3 is 0 Å². The Hall–Kier alpha value is -1.08. The zero-order chi connectivity index (χ0) is 14.5. The predicted molar refractivity (Wildman–Crippen MR) is 71.7 cm³/mol. The highest BCUT2D eigenvalue weighted by Gasteiger charge is 2.25. The molecular formula is C13H17F2NO3S. The summed E-state index contributed by atoms with van der Waals surface area (Å²) in [6.07, 6.45) is 1.55. The van der Waals surface area contributed by atoms with Gasteiger partial charge in [-0.25, -0.2) is 0 Å². The highest BCUT2D eigenvalue weighted by atomic mass is 32.2. The molecule has 0 bridgehead atoms. The maximum Gasteiger partial charge on any atom is 0.289 e. The average Bonchev–Trinajstić information content (AvgIpc) is 2.93. The molecule has 0 radical (unpaired) electrons. The quantitative estimate of drug-likeness (QED) is 0.908. The molecule has 0 saturated carbocycles. The second kappa shape index (κ2) is 7.08. The fourth-order valence-corrected chi connectivity index (χ4v) is 2.64. The zero-order valence-electron chi connectivity index (χ0n) is 10.9. The van der Waals surface area contributed by atoms with Gasteiger partial charge in [0.05, 0.1) is 5.75 Å². The van der Waals surface area contributed by atoms with E-state index in [-0.39, 0.29) is 29.9 Å². The summed E-state index contributed by atoms with van der Waals surface area (Å²) in [5.74, 6) is -1.78. The number of furan rings is 1. The Morgan fingerprint density at radius 2 is 2.15 bits per heavy atom. The van der Waals surface area contributed by atoms with E-state index in [2.05, 4.69) is 0 Å². The Bertz CT molecular complexity index is 445. The third-order valence-electron chi connectivity index (χ3n) is 3.38. The molecule has 1 amide bonds. The van der Waals surface area contributed by atoms with E-state index in [9.17, 15) is 13.6 Å². The standard InChI is InChI=1S/C13H17F2NO3S/c14-13(15)20-8-10-1-2-11(19-10)12(18)16-5-3-9(7-17)4-6-16/h1-2,9,13,17H,3-8H2. The molecule has 2 rings (SSSR count). The second-order valence-electron chi connectivity index (χ2n) is 4.76. The Kier molecular flexibility index (Phi) is 5.42. The number of nitrogens with zero attached hydrogens (tertiary/aromatic N) is 1. The summed E-state index contributed by atoms with van der Waals surface area (Å²) in [7, 11) is 0. The fraction of sp³-hybridized carbons (Fsp3) is 0.615. The van der Waals surface area contributed by atoms with E-state index in [1.165, 1.54) is 6.07 Å². The van der Waals surface area contributed by atoms with Crippen molar-refractivity contribution >= 4 is 17.7 Å². The van der Waals surface area contributed by atoms with Crippen LogP contribution in [0.3, 0.4) is 0 Å². The van der Waals surface area contributed by atoms with Crippen molar-refractivity contribution in [1.82, 2.24) is 4.90 Å². The molecule has 1 aliphatic rings. The zero-order valence-corrected chi connectivity index (χ0v) is 11.7. The van der Waals surface area contributed by atoms with Crippen molar-refractivity contribution in [3.05, 3.63) is 23.7 Å². The van der Waals surface area contributed by atoms with Gasteiger partial charge in [-0.15, -0.1) is 0 Å². The van der Waals surface area contributed by atoms with E-state index >= 15 is 0 Å². The molecule has 1 aliphatic heterocycles. The number of likely N-dealkylation sites (tertiary alicyclic amines) is 1. The summed E-state index contributed by atoms with van der Waals surface area (Å²) in [5, 5.41) is 9.05. The molecule has 1 aromatic rings. The molecule has 1 saturated heterocycles. The Balaban J connectivity index is 1.89. The van der Waals surface area contributed by atoms with Crippen LogP contribution in [0.25, 0.3) is 0 Å². The van der Waals surface area contributed by atoms with Gasteiger partial charge < -0.3 is 14.4 Å². The summed E-state index contributed by atoms with van der Waals surface area (Å²) in [5.41, 5.74) is 0. The maximum absolute atomic E-state index is 12.2. The van der Waals surface area contributed by atoms with Gasteiger partial charge in [-0.3, -0.25) is 4.79 Å². The highest BCUT2D eigenvalue weighted by Crippen LogP contribution is 2.23. The monoisotopic (exact) mass is 305 g/mol. The van der Waals surface area contributed by atoms with Crippen molar-refractivity contribution in [2.24, 2.45) is 5.92 Å². The van der Waals surface area contributed by atoms with Crippen LogP contribution in [0, 0.1) is 5.92 Å². The van der Waals surface area contributed by atoms with Gasteiger partial charge in [0.25, 0.3) is 11.7 Å². The van der Waals surface area contributed by atoms with Crippen molar-refractivity contribution in [1.29, 1.82) is 0 Å². The smallest absolute Gasteiger partial charge is 0.289 e. The van der Waals surface area contributed by atoms with Crippen molar-refractivity contribution in [2.75, 3.05) is 19.7 Å². The number of carbonyl (C=O) groups excluding carboxylic acids is 1. The lowest BCUT2D eigenvalue weighted by Crippen LogP contribution is -2.39. The van der Waals surface area contributed by atoms with Gasteiger partial charge in [-0.1, -0.05) is 11.8 Å². The summed E-state index contributed by atoms with van der Waals surface area (Å²) >= 11 is 0.468. The number of piperidine rings is 1. The van der Waals surface area contributed by atoms with Crippen LogP contribution in [0.15, 0.2) is 16.5 Å². The first-order chi connectivity index (χ1) is 9.60. The topological polar surface area (TPSA) is 53.7 Å². The molecule has 20 heavy (non-hydrogen) atoms. The van der Waals surface area contributed by atoms with Crippen molar-refractivity contribution in [3.8, 4) is 0 Å². The molecule has 0 atom stereocenters. The van der Waals surface area contributed by atoms with Crippen LogP contribution in [0.4, 0.5) is 8.78 Å². The summed E-state index contributed by atoms with van der Waals surface area (Å²) in [6.45, 7) is 1.33. The van der Waals surface area contributed by atoms with Crippen LogP contribution in [0.1, 0.15) is 29.2 Å². The lowest BCUT2D eigenvalue weighted by atomic mass is 9.98.